The molecule has 3 heteroatoms. The molecule has 0 radical (unpaired) electrons. The molecular formula is C9H11N3. The highest BCUT2D eigenvalue weighted by Crippen LogP contribution is 2.32. The zero-order chi connectivity index (χ0) is 8.39. The van der Waals surface area contributed by atoms with E-state index in [2.05, 4.69) is 11.1 Å². The van der Waals surface area contributed by atoms with Gasteiger partial charge in [-0.25, -0.2) is 4.98 Å². The predicted octanol–water partition coefficient (Wildman–Crippen LogP) is 1.55. The van der Waals surface area contributed by atoms with E-state index in [0.717, 1.165) is 12.5 Å². The second-order valence-corrected chi connectivity index (χ2v) is 3.29. The van der Waals surface area contributed by atoms with Crippen molar-refractivity contribution in [2.24, 2.45) is 5.92 Å². The zero-order valence-corrected chi connectivity index (χ0v) is 6.90. The summed E-state index contributed by atoms with van der Waals surface area (Å²) in [5.74, 6) is 1.45. The van der Waals surface area contributed by atoms with E-state index in [1.165, 1.54) is 19.3 Å². The SMILES string of the molecule is N#Cc1nccn1CCC1CC1. The summed E-state index contributed by atoms with van der Waals surface area (Å²) < 4.78 is 1.93. The van der Waals surface area contributed by atoms with Gasteiger partial charge in [-0.05, 0) is 12.3 Å². The molecule has 0 saturated heterocycles. The first kappa shape index (κ1) is 7.35. The fourth-order valence-electron chi connectivity index (χ4n) is 1.33. The number of nitriles is 1. The van der Waals surface area contributed by atoms with Gasteiger partial charge >= 0.3 is 0 Å². The topological polar surface area (TPSA) is 41.6 Å². The van der Waals surface area contributed by atoms with Crippen LogP contribution in [0.25, 0.3) is 0 Å². The highest BCUT2D eigenvalue weighted by atomic mass is 15.1. The molecule has 0 aromatic carbocycles. The second-order valence-electron chi connectivity index (χ2n) is 3.29. The largest absolute Gasteiger partial charge is 0.323 e. The van der Waals surface area contributed by atoms with Crippen molar-refractivity contribution in [2.45, 2.75) is 25.8 Å². The Labute approximate surface area is 71.6 Å². The van der Waals surface area contributed by atoms with Crippen LogP contribution in [0.4, 0.5) is 0 Å². The molecule has 0 amide bonds. The molecule has 12 heavy (non-hydrogen) atoms. The molecule has 1 aromatic heterocycles. The molecule has 0 atom stereocenters. The van der Waals surface area contributed by atoms with Gasteiger partial charge in [-0.3, -0.25) is 0 Å². The van der Waals surface area contributed by atoms with E-state index in [-0.39, 0.29) is 0 Å². The minimum absolute atomic E-state index is 0.538. The van der Waals surface area contributed by atoms with E-state index in [0.29, 0.717) is 5.82 Å². The Morgan fingerprint density at radius 1 is 1.67 bits per heavy atom. The van der Waals surface area contributed by atoms with Crippen LogP contribution >= 0.6 is 0 Å². The molecule has 0 bridgehead atoms. The Kier molecular flexibility index (Phi) is 1.83. The Morgan fingerprint density at radius 2 is 2.50 bits per heavy atom. The molecule has 1 saturated carbocycles. The average Bonchev–Trinajstić information content (AvgIpc) is 2.81. The number of hydrogen-bond donors (Lipinski definition) is 0. The maximum Gasteiger partial charge on any atom is 0.212 e. The van der Waals surface area contributed by atoms with Crippen LogP contribution in [0.1, 0.15) is 25.1 Å². The van der Waals surface area contributed by atoms with E-state index in [1.54, 1.807) is 6.20 Å². The first-order chi connectivity index (χ1) is 5.90. The first-order valence-electron chi connectivity index (χ1n) is 4.31. The molecule has 0 spiro atoms. The van der Waals surface area contributed by atoms with Gasteiger partial charge in [0.25, 0.3) is 0 Å². The highest BCUT2D eigenvalue weighted by molar-refractivity contribution is 5.10. The van der Waals surface area contributed by atoms with Gasteiger partial charge in [0.15, 0.2) is 0 Å². The van der Waals surface area contributed by atoms with Crippen molar-refractivity contribution in [3.05, 3.63) is 18.2 Å². The van der Waals surface area contributed by atoms with Crippen molar-refractivity contribution in [1.29, 1.82) is 5.26 Å². The molecule has 1 heterocycles. The molecule has 62 valence electrons. The molecule has 1 aliphatic carbocycles. The van der Waals surface area contributed by atoms with Gasteiger partial charge in [-0.1, -0.05) is 12.8 Å². The summed E-state index contributed by atoms with van der Waals surface area (Å²) >= 11 is 0. The van der Waals surface area contributed by atoms with Crippen LogP contribution in [0, 0.1) is 17.2 Å². The van der Waals surface area contributed by atoms with Gasteiger partial charge in [0.2, 0.25) is 5.82 Å². The van der Waals surface area contributed by atoms with Crippen LogP contribution < -0.4 is 0 Å². The summed E-state index contributed by atoms with van der Waals surface area (Å²) in [6, 6.07) is 2.07. The second kappa shape index (κ2) is 2.98. The van der Waals surface area contributed by atoms with E-state index >= 15 is 0 Å². The lowest BCUT2D eigenvalue weighted by Crippen LogP contribution is -2.00. The quantitative estimate of drug-likeness (QED) is 0.675. The van der Waals surface area contributed by atoms with Crippen LogP contribution in [-0.2, 0) is 6.54 Å². The van der Waals surface area contributed by atoms with Crippen LogP contribution in [0.3, 0.4) is 0 Å². The maximum absolute atomic E-state index is 8.65. The fourth-order valence-corrected chi connectivity index (χ4v) is 1.33. The summed E-state index contributed by atoms with van der Waals surface area (Å²) in [6.45, 7) is 0.952. The average molecular weight is 161 g/mol. The minimum Gasteiger partial charge on any atom is -0.323 e. The smallest absolute Gasteiger partial charge is 0.212 e. The van der Waals surface area contributed by atoms with Crippen LogP contribution in [-0.4, -0.2) is 9.55 Å². The van der Waals surface area contributed by atoms with Crippen molar-refractivity contribution >= 4 is 0 Å². The summed E-state index contributed by atoms with van der Waals surface area (Å²) in [5.41, 5.74) is 0. The van der Waals surface area contributed by atoms with Crippen molar-refractivity contribution < 1.29 is 0 Å². The Hall–Kier alpha value is -1.30. The van der Waals surface area contributed by atoms with Gasteiger partial charge in [0, 0.05) is 18.9 Å². The van der Waals surface area contributed by atoms with E-state index in [9.17, 15) is 0 Å². The lowest BCUT2D eigenvalue weighted by Gasteiger charge is -2.00. The number of aryl methyl sites for hydroxylation is 1. The predicted molar refractivity (Wildman–Crippen MR) is 44.3 cm³/mol. The number of aromatic nitrogens is 2. The monoisotopic (exact) mass is 161 g/mol. The lowest BCUT2D eigenvalue weighted by atomic mass is 10.3. The molecule has 3 nitrogen and oxygen atoms in total. The van der Waals surface area contributed by atoms with E-state index in [4.69, 9.17) is 5.26 Å². The highest BCUT2D eigenvalue weighted by Gasteiger charge is 2.20. The van der Waals surface area contributed by atoms with E-state index in [1.807, 2.05) is 10.8 Å². The van der Waals surface area contributed by atoms with Crippen molar-refractivity contribution in [1.82, 2.24) is 9.55 Å². The third-order valence-electron chi connectivity index (χ3n) is 2.29. The van der Waals surface area contributed by atoms with Crippen LogP contribution in [0.2, 0.25) is 0 Å². The number of hydrogen-bond acceptors (Lipinski definition) is 2. The molecule has 1 aromatic rings. The maximum atomic E-state index is 8.65. The van der Waals surface area contributed by atoms with Crippen LogP contribution in [0.15, 0.2) is 12.4 Å². The van der Waals surface area contributed by atoms with Crippen LogP contribution in [0.5, 0.6) is 0 Å². The normalized spacial score (nSPS) is 15.9. The van der Waals surface area contributed by atoms with Crippen molar-refractivity contribution in [3.8, 4) is 6.07 Å². The number of rotatable bonds is 3. The summed E-state index contributed by atoms with van der Waals surface area (Å²) in [5, 5.41) is 8.65. The fraction of sp³-hybridized carbons (Fsp3) is 0.556. The molecule has 1 fully saturated rings. The Morgan fingerprint density at radius 3 is 3.17 bits per heavy atom. The molecule has 0 N–H and O–H groups in total. The van der Waals surface area contributed by atoms with Gasteiger partial charge in [0.05, 0.1) is 0 Å². The first-order valence-corrected chi connectivity index (χ1v) is 4.31. The summed E-state index contributed by atoms with van der Waals surface area (Å²) in [7, 11) is 0. The molecule has 1 aliphatic rings. The standard InChI is InChI=1S/C9H11N3/c10-7-9-11-4-6-12(9)5-3-8-1-2-8/h4,6,8H,1-3,5H2. The van der Waals surface area contributed by atoms with Gasteiger partial charge < -0.3 is 4.57 Å². The van der Waals surface area contributed by atoms with Gasteiger partial charge in [0.1, 0.15) is 6.07 Å². The Bertz CT molecular complexity index is 304. The Balaban J connectivity index is 1.97. The third-order valence-corrected chi connectivity index (χ3v) is 2.29. The number of imidazole rings is 1. The third kappa shape index (κ3) is 1.48. The van der Waals surface area contributed by atoms with E-state index < -0.39 is 0 Å². The molecule has 0 unspecified atom stereocenters. The minimum atomic E-state index is 0.538. The summed E-state index contributed by atoms with van der Waals surface area (Å²) in [6.07, 6.45) is 7.50. The zero-order valence-electron chi connectivity index (χ0n) is 6.90. The number of nitrogens with zero attached hydrogens (tertiary/aromatic N) is 3. The lowest BCUT2D eigenvalue weighted by molar-refractivity contribution is 0.591. The molecule has 0 aliphatic heterocycles. The van der Waals surface area contributed by atoms with Gasteiger partial charge in [-0.15, -0.1) is 0 Å². The van der Waals surface area contributed by atoms with Gasteiger partial charge in [-0.2, -0.15) is 5.26 Å². The van der Waals surface area contributed by atoms with Crippen molar-refractivity contribution in [2.75, 3.05) is 0 Å². The van der Waals surface area contributed by atoms with Crippen molar-refractivity contribution in [3.63, 3.8) is 0 Å². The molecular weight excluding hydrogens is 150 g/mol. The molecule has 2 rings (SSSR count). The summed E-state index contributed by atoms with van der Waals surface area (Å²) in [4.78, 5) is 3.93.